The lowest BCUT2D eigenvalue weighted by Gasteiger charge is -1.99. The number of para-hydroxylation sites is 2. The fraction of sp³-hybridized carbons (Fsp3) is 0. The van der Waals surface area contributed by atoms with E-state index in [1.165, 1.54) is 0 Å². The van der Waals surface area contributed by atoms with Gasteiger partial charge in [0.05, 0.1) is 23.1 Å². The minimum Gasteiger partial charge on any atom is -0.397 e. The molecular formula is C16H13N5. The van der Waals surface area contributed by atoms with E-state index in [0.29, 0.717) is 5.69 Å². The van der Waals surface area contributed by atoms with Gasteiger partial charge in [0.15, 0.2) is 0 Å². The normalized spacial score (nSPS) is 11.0. The summed E-state index contributed by atoms with van der Waals surface area (Å²) in [6.07, 6.45) is 3.78. The number of fused-ring (bicyclic) bond motifs is 1. The van der Waals surface area contributed by atoms with Crippen LogP contribution in [0.15, 0.2) is 60.9 Å². The fourth-order valence-corrected chi connectivity index (χ4v) is 2.45. The van der Waals surface area contributed by atoms with Gasteiger partial charge in [-0.2, -0.15) is 10.2 Å². The molecule has 0 fully saturated rings. The SMILES string of the molecule is Nc1cccc2c(-c3cnn(-c4ccccc4)c3)n[nH]c12. The topological polar surface area (TPSA) is 72.5 Å². The van der Waals surface area contributed by atoms with Crippen LogP contribution in [0.4, 0.5) is 5.69 Å². The Bertz CT molecular complexity index is 905. The summed E-state index contributed by atoms with van der Waals surface area (Å²) in [5, 5.41) is 12.8. The van der Waals surface area contributed by atoms with E-state index in [1.807, 2.05) is 65.6 Å². The number of H-pyrrole nitrogens is 1. The van der Waals surface area contributed by atoms with Crippen LogP contribution >= 0.6 is 0 Å². The van der Waals surface area contributed by atoms with E-state index < -0.39 is 0 Å². The first-order chi connectivity index (χ1) is 10.3. The Kier molecular flexibility index (Phi) is 2.50. The highest BCUT2D eigenvalue weighted by Crippen LogP contribution is 2.29. The average molecular weight is 275 g/mol. The molecule has 0 amide bonds. The number of benzene rings is 2. The molecule has 0 aliphatic carbocycles. The zero-order valence-corrected chi connectivity index (χ0v) is 11.2. The van der Waals surface area contributed by atoms with Gasteiger partial charge in [0.2, 0.25) is 0 Å². The molecule has 0 bridgehead atoms. The Morgan fingerprint density at radius 1 is 1.00 bits per heavy atom. The summed E-state index contributed by atoms with van der Waals surface area (Å²) < 4.78 is 1.84. The van der Waals surface area contributed by atoms with Crippen LogP contribution in [0.25, 0.3) is 27.8 Å². The van der Waals surface area contributed by atoms with Gasteiger partial charge >= 0.3 is 0 Å². The summed E-state index contributed by atoms with van der Waals surface area (Å²) in [5.41, 5.74) is 10.3. The number of aromatic nitrogens is 4. The number of nitrogens with zero attached hydrogens (tertiary/aromatic N) is 3. The molecule has 0 spiro atoms. The van der Waals surface area contributed by atoms with Crippen LogP contribution < -0.4 is 5.73 Å². The number of rotatable bonds is 2. The highest BCUT2D eigenvalue weighted by molar-refractivity contribution is 5.98. The standard InChI is InChI=1S/C16H13N5/c17-14-8-4-7-13-15(19-20-16(13)14)11-9-18-21(10-11)12-5-2-1-3-6-12/h1-10H,17H2,(H,19,20). The maximum atomic E-state index is 5.95. The first-order valence-electron chi connectivity index (χ1n) is 6.66. The van der Waals surface area contributed by atoms with Crippen LogP contribution in [-0.2, 0) is 0 Å². The third-order valence-electron chi connectivity index (χ3n) is 3.51. The van der Waals surface area contributed by atoms with Crippen molar-refractivity contribution in [2.45, 2.75) is 0 Å². The molecule has 0 saturated heterocycles. The van der Waals surface area contributed by atoms with Gasteiger partial charge in [-0.05, 0) is 18.2 Å². The van der Waals surface area contributed by atoms with E-state index in [0.717, 1.165) is 27.8 Å². The second kappa shape index (κ2) is 4.49. The van der Waals surface area contributed by atoms with Crippen LogP contribution in [0, 0.1) is 0 Å². The lowest BCUT2D eigenvalue weighted by Crippen LogP contribution is -1.92. The molecular weight excluding hydrogens is 262 g/mol. The van der Waals surface area contributed by atoms with E-state index in [-0.39, 0.29) is 0 Å². The monoisotopic (exact) mass is 275 g/mol. The lowest BCUT2D eigenvalue weighted by atomic mass is 10.1. The molecule has 5 nitrogen and oxygen atoms in total. The predicted molar refractivity (Wildman–Crippen MR) is 83.1 cm³/mol. The largest absolute Gasteiger partial charge is 0.397 e. The molecule has 0 radical (unpaired) electrons. The Balaban J connectivity index is 1.83. The van der Waals surface area contributed by atoms with Crippen molar-refractivity contribution in [3.8, 4) is 16.9 Å². The zero-order chi connectivity index (χ0) is 14.2. The Morgan fingerprint density at radius 3 is 2.71 bits per heavy atom. The van der Waals surface area contributed by atoms with E-state index in [1.54, 1.807) is 0 Å². The highest BCUT2D eigenvalue weighted by Gasteiger charge is 2.11. The summed E-state index contributed by atoms with van der Waals surface area (Å²) in [6.45, 7) is 0. The van der Waals surface area contributed by atoms with Crippen molar-refractivity contribution in [2.75, 3.05) is 5.73 Å². The van der Waals surface area contributed by atoms with Crippen molar-refractivity contribution in [1.29, 1.82) is 0 Å². The Labute approximate surface area is 121 Å². The maximum absolute atomic E-state index is 5.95. The molecule has 3 N–H and O–H groups in total. The minimum absolute atomic E-state index is 0.696. The summed E-state index contributed by atoms with van der Waals surface area (Å²) in [5.74, 6) is 0. The maximum Gasteiger partial charge on any atom is 0.103 e. The van der Waals surface area contributed by atoms with E-state index in [2.05, 4.69) is 15.3 Å². The number of anilines is 1. The second-order valence-electron chi connectivity index (χ2n) is 4.85. The molecule has 21 heavy (non-hydrogen) atoms. The smallest absolute Gasteiger partial charge is 0.103 e. The van der Waals surface area contributed by atoms with Gasteiger partial charge in [-0.25, -0.2) is 4.68 Å². The fourth-order valence-electron chi connectivity index (χ4n) is 2.45. The Morgan fingerprint density at radius 2 is 1.86 bits per heavy atom. The summed E-state index contributed by atoms with van der Waals surface area (Å²) >= 11 is 0. The van der Waals surface area contributed by atoms with Gasteiger partial charge in [0.1, 0.15) is 5.69 Å². The first kappa shape index (κ1) is 11.7. The molecule has 4 rings (SSSR count). The molecule has 0 unspecified atom stereocenters. The molecule has 4 aromatic rings. The predicted octanol–water partition coefficient (Wildman–Crippen LogP) is 3.00. The second-order valence-corrected chi connectivity index (χ2v) is 4.85. The number of hydrogen-bond donors (Lipinski definition) is 2. The third kappa shape index (κ3) is 1.87. The molecule has 2 aromatic carbocycles. The molecule has 5 heteroatoms. The van der Waals surface area contributed by atoms with Crippen molar-refractivity contribution in [3.63, 3.8) is 0 Å². The summed E-state index contributed by atoms with van der Waals surface area (Å²) in [7, 11) is 0. The molecule has 2 heterocycles. The number of aromatic amines is 1. The van der Waals surface area contributed by atoms with Gasteiger partial charge in [0.25, 0.3) is 0 Å². The van der Waals surface area contributed by atoms with E-state index >= 15 is 0 Å². The van der Waals surface area contributed by atoms with E-state index in [4.69, 9.17) is 5.73 Å². The molecule has 102 valence electrons. The number of hydrogen-bond acceptors (Lipinski definition) is 3. The van der Waals surface area contributed by atoms with Gasteiger partial charge in [-0.1, -0.05) is 30.3 Å². The highest BCUT2D eigenvalue weighted by atomic mass is 15.3. The van der Waals surface area contributed by atoms with Gasteiger partial charge in [-0.3, -0.25) is 5.10 Å². The molecule has 2 aromatic heterocycles. The summed E-state index contributed by atoms with van der Waals surface area (Å²) in [6, 6.07) is 15.8. The van der Waals surface area contributed by atoms with Crippen LogP contribution in [0.2, 0.25) is 0 Å². The quantitative estimate of drug-likeness (QED) is 0.552. The van der Waals surface area contributed by atoms with E-state index in [9.17, 15) is 0 Å². The van der Waals surface area contributed by atoms with Gasteiger partial charge in [0, 0.05) is 17.1 Å². The van der Waals surface area contributed by atoms with Gasteiger partial charge in [-0.15, -0.1) is 0 Å². The van der Waals surface area contributed by atoms with Crippen molar-refractivity contribution in [2.24, 2.45) is 0 Å². The number of nitrogens with one attached hydrogen (secondary N) is 1. The lowest BCUT2D eigenvalue weighted by molar-refractivity contribution is 0.880. The van der Waals surface area contributed by atoms with Crippen LogP contribution in [-0.4, -0.2) is 20.0 Å². The molecule has 0 atom stereocenters. The van der Waals surface area contributed by atoms with Gasteiger partial charge < -0.3 is 5.73 Å². The third-order valence-corrected chi connectivity index (χ3v) is 3.51. The first-order valence-corrected chi connectivity index (χ1v) is 6.66. The van der Waals surface area contributed by atoms with Crippen LogP contribution in [0.3, 0.4) is 0 Å². The molecule has 0 aliphatic rings. The van der Waals surface area contributed by atoms with Crippen LogP contribution in [0.5, 0.6) is 0 Å². The van der Waals surface area contributed by atoms with Crippen molar-refractivity contribution in [3.05, 3.63) is 60.9 Å². The van der Waals surface area contributed by atoms with Crippen molar-refractivity contribution in [1.82, 2.24) is 20.0 Å². The summed E-state index contributed by atoms with van der Waals surface area (Å²) in [4.78, 5) is 0. The van der Waals surface area contributed by atoms with Crippen molar-refractivity contribution >= 4 is 16.6 Å². The Hall–Kier alpha value is -3.08. The number of nitrogen functional groups attached to an aromatic ring is 1. The zero-order valence-electron chi connectivity index (χ0n) is 11.2. The van der Waals surface area contributed by atoms with Crippen LogP contribution in [0.1, 0.15) is 0 Å². The molecule has 0 saturated carbocycles. The average Bonchev–Trinajstić information content (AvgIpc) is 3.15. The minimum atomic E-state index is 0.696. The molecule has 0 aliphatic heterocycles. The van der Waals surface area contributed by atoms with Crippen molar-refractivity contribution < 1.29 is 0 Å². The number of nitrogens with two attached hydrogens (primary N) is 1.